The molecule has 0 radical (unpaired) electrons. The third kappa shape index (κ3) is 4.16. The van der Waals surface area contributed by atoms with Gasteiger partial charge in [-0.3, -0.25) is 4.79 Å². The number of amides is 1. The van der Waals surface area contributed by atoms with Crippen molar-refractivity contribution in [2.45, 2.75) is 20.4 Å². The monoisotopic (exact) mass is 285 g/mol. The molecule has 2 aromatic rings. The van der Waals surface area contributed by atoms with Crippen LogP contribution in [0.5, 0.6) is 0 Å². The average molecular weight is 285 g/mol. The van der Waals surface area contributed by atoms with Crippen LogP contribution in [0.15, 0.2) is 22.7 Å². The molecule has 108 valence electrons. The van der Waals surface area contributed by atoms with Gasteiger partial charge in [0, 0.05) is 11.1 Å². The number of aryl methyl sites for hydroxylation is 2. The number of nitrogens with zero attached hydrogens (tertiary/aromatic N) is 2. The molecule has 6 nitrogen and oxygen atoms in total. The first kappa shape index (κ1) is 14.8. The number of aliphatic hydroxyl groups is 1. The van der Waals surface area contributed by atoms with Crippen LogP contribution in [0.1, 0.15) is 33.2 Å². The van der Waals surface area contributed by atoms with Gasteiger partial charge >= 0.3 is 0 Å². The molecular weight excluding hydrogens is 270 g/mol. The van der Waals surface area contributed by atoms with Gasteiger partial charge in [-0.25, -0.2) is 0 Å². The molecule has 2 rings (SSSR count). The third-order valence-electron chi connectivity index (χ3n) is 2.62. The number of aromatic nitrogens is 2. The zero-order chi connectivity index (χ0) is 15.2. The lowest BCUT2D eigenvalue weighted by Gasteiger charge is -2.04. The van der Waals surface area contributed by atoms with Gasteiger partial charge in [-0.05, 0) is 37.6 Å². The van der Waals surface area contributed by atoms with Gasteiger partial charge in [-0.15, -0.1) is 0 Å². The van der Waals surface area contributed by atoms with E-state index >= 15 is 0 Å². The van der Waals surface area contributed by atoms with E-state index in [1.165, 1.54) is 0 Å². The Morgan fingerprint density at radius 2 is 2.19 bits per heavy atom. The Balaban J connectivity index is 2.09. The van der Waals surface area contributed by atoms with Crippen molar-refractivity contribution in [2.75, 3.05) is 6.61 Å². The normalized spacial score (nSPS) is 9.86. The van der Waals surface area contributed by atoms with Crippen molar-refractivity contribution in [2.24, 2.45) is 0 Å². The molecule has 0 saturated carbocycles. The Morgan fingerprint density at radius 3 is 2.86 bits per heavy atom. The van der Waals surface area contributed by atoms with Gasteiger partial charge in [-0.1, -0.05) is 17.0 Å². The fraction of sp³-hybridized carbons (Fsp3) is 0.267. The van der Waals surface area contributed by atoms with Crippen molar-refractivity contribution in [3.8, 4) is 11.8 Å². The predicted molar refractivity (Wildman–Crippen MR) is 75.3 cm³/mol. The summed E-state index contributed by atoms with van der Waals surface area (Å²) in [6.45, 7) is 3.54. The van der Waals surface area contributed by atoms with Gasteiger partial charge in [0.25, 0.3) is 5.91 Å². The highest BCUT2D eigenvalue weighted by molar-refractivity contribution is 5.94. The van der Waals surface area contributed by atoms with E-state index in [0.717, 1.165) is 5.56 Å². The first-order valence-electron chi connectivity index (χ1n) is 6.37. The Bertz CT molecular complexity index is 710. The van der Waals surface area contributed by atoms with Crippen LogP contribution in [0, 0.1) is 25.7 Å². The lowest BCUT2D eigenvalue weighted by Crippen LogP contribution is -2.23. The van der Waals surface area contributed by atoms with E-state index in [-0.39, 0.29) is 19.1 Å². The Kier molecular flexibility index (Phi) is 4.69. The number of nitrogens with one attached hydrogen (secondary N) is 1. The third-order valence-corrected chi connectivity index (χ3v) is 2.62. The molecule has 0 aliphatic heterocycles. The van der Waals surface area contributed by atoms with E-state index in [1.807, 2.05) is 13.0 Å². The predicted octanol–water partition coefficient (Wildman–Crippen LogP) is 0.960. The quantitative estimate of drug-likeness (QED) is 0.820. The molecule has 1 heterocycles. The smallest absolute Gasteiger partial charge is 0.251 e. The topological polar surface area (TPSA) is 88.2 Å². The summed E-state index contributed by atoms with van der Waals surface area (Å²) in [5.74, 6) is 5.98. The van der Waals surface area contributed by atoms with Gasteiger partial charge < -0.3 is 14.9 Å². The van der Waals surface area contributed by atoms with Crippen LogP contribution in [0.4, 0.5) is 0 Å². The highest BCUT2D eigenvalue weighted by atomic mass is 16.5. The number of aliphatic hydroxyl groups excluding tert-OH is 1. The molecular formula is C15H15N3O3. The number of hydrogen-bond donors (Lipinski definition) is 2. The van der Waals surface area contributed by atoms with Crippen LogP contribution in [0.2, 0.25) is 0 Å². The van der Waals surface area contributed by atoms with Crippen LogP contribution >= 0.6 is 0 Å². The summed E-state index contributed by atoms with van der Waals surface area (Å²) in [5.41, 5.74) is 2.09. The molecule has 1 aromatic heterocycles. The second-order valence-electron chi connectivity index (χ2n) is 4.47. The van der Waals surface area contributed by atoms with Gasteiger partial charge in [0.05, 0.1) is 6.54 Å². The van der Waals surface area contributed by atoms with E-state index < -0.39 is 0 Å². The van der Waals surface area contributed by atoms with Crippen LogP contribution in [0.25, 0.3) is 0 Å². The van der Waals surface area contributed by atoms with E-state index in [2.05, 4.69) is 27.3 Å². The second-order valence-corrected chi connectivity index (χ2v) is 4.47. The lowest BCUT2D eigenvalue weighted by atomic mass is 10.1. The molecule has 6 heteroatoms. The maximum atomic E-state index is 12.1. The molecule has 21 heavy (non-hydrogen) atoms. The highest BCUT2D eigenvalue weighted by Gasteiger charge is 2.09. The maximum Gasteiger partial charge on any atom is 0.251 e. The van der Waals surface area contributed by atoms with E-state index in [4.69, 9.17) is 9.63 Å². The zero-order valence-electron chi connectivity index (χ0n) is 11.8. The maximum absolute atomic E-state index is 12.1. The van der Waals surface area contributed by atoms with Crippen molar-refractivity contribution in [3.63, 3.8) is 0 Å². The molecule has 0 fully saturated rings. The summed E-state index contributed by atoms with van der Waals surface area (Å²) in [7, 11) is 0. The van der Waals surface area contributed by atoms with E-state index in [9.17, 15) is 4.79 Å². The minimum absolute atomic E-state index is 0.172. The summed E-state index contributed by atoms with van der Waals surface area (Å²) < 4.78 is 4.93. The van der Waals surface area contributed by atoms with Crippen molar-refractivity contribution in [1.82, 2.24) is 15.5 Å². The molecule has 0 atom stereocenters. The summed E-state index contributed by atoms with van der Waals surface area (Å²) in [4.78, 5) is 16.1. The van der Waals surface area contributed by atoms with E-state index in [1.54, 1.807) is 19.1 Å². The molecule has 1 aromatic carbocycles. The summed E-state index contributed by atoms with van der Waals surface area (Å²) in [6.07, 6.45) is 0. The number of benzene rings is 1. The Morgan fingerprint density at radius 1 is 1.38 bits per heavy atom. The zero-order valence-corrected chi connectivity index (χ0v) is 11.8. The van der Waals surface area contributed by atoms with Gasteiger partial charge in [-0.2, -0.15) is 4.98 Å². The standard InChI is InChI=1S/C15H15N3O3/c1-10-6-12(4-3-5-19)8-13(7-10)15(20)16-9-14-17-11(2)18-21-14/h6-8,19H,5,9H2,1-2H3,(H,16,20). The Labute approximate surface area is 122 Å². The number of hydrogen-bond acceptors (Lipinski definition) is 5. The summed E-state index contributed by atoms with van der Waals surface area (Å²) in [6, 6.07) is 5.28. The minimum Gasteiger partial charge on any atom is -0.384 e. The SMILES string of the molecule is Cc1cc(C#CCO)cc(C(=O)NCc2nc(C)no2)c1. The summed E-state index contributed by atoms with van der Waals surface area (Å²) in [5, 5.41) is 15.1. The molecule has 0 aliphatic rings. The number of carbonyl (C=O) groups is 1. The van der Waals surface area contributed by atoms with Crippen molar-refractivity contribution in [1.29, 1.82) is 0 Å². The first-order chi connectivity index (χ1) is 10.1. The van der Waals surface area contributed by atoms with Gasteiger partial charge in [0.1, 0.15) is 6.61 Å². The van der Waals surface area contributed by atoms with Crippen molar-refractivity contribution >= 4 is 5.91 Å². The fourth-order valence-corrected chi connectivity index (χ4v) is 1.80. The molecule has 1 amide bonds. The molecule has 0 bridgehead atoms. The molecule has 0 saturated heterocycles. The fourth-order valence-electron chi connectivity index (χ4n) is 1.80. The van der Waals surface area contributed by atoms with E-state index in [0.29, 0.717) is 22.8 Å². The van der Waals surface area contributed by atoms with Crippen LogP contribution in [-0.2, 0) is 6.54 Å². The minimum atomic E-state index is -0.249. The second kappa shape index (κ2) is 6.68. The number of rotatable bonds is 3. The average Bonchev–Trinajstić information content (AvgIpc) is 2.87. The highest BCUT2D eigenvalue weighted by Crippen LogP contribution is 2.09. The van der Waals surface area contributed by atoms with Crippen LogP contribution < -0.4 is 5.32 Å². The Hall–Kier alpha value is -2.65. The molecule has 2 N–H and O–H groups in total. The first-order valence-corrected chi connectivity index (χ1v) is 6.37. The van der Waals surface area contributed by atoms with Crippen molar-refractivity contribution < 1.29 is 14.4 Å². The molecule has 0 spiro atoms. The van der Waals surface area contributed by atoms with Crippen LogP contribution in [-0.4, -0.2) is 27.8 Å². The van der Waals surface area contributed by atoms with Crippen molar-refractivity contribution in [3.05, 3.63) is 46.6 Å². The summed E-state index contributed by atoms with van der Waals surface area (Å²) >= 11 is 0. The van der Waals surface area contributed by atoms with Gasteiger partial charge in [0.15, 0.2) is 5.82 Å². The molecule has 0 aliphatic carbocycles. The largest absolute Gasteiger partial charge is 0.384 e. The number of carbonyl (C=O) groups excluding carboxylic acids is 1. The molecule has 0 unspecified atom stereocenters. The van der Waals surface area contributed by atoms with Crippen LogP contribution in [0.3, 0.4) is 0 Å². The van der Waals surface area contributed by atoms with Gasteiger partial charge in [0.2, 0.25) is 5.89 Å². The lowest BCUT2D eigenvalue weighted by molar-refractivity contribution is 0.0946.